The van der Waals surface area contributed by atoms with Crippen molar-refractivity contribution < 1.29 is 62.2 Å². The van der Waals surface area contributed by atoms with Crippen molar-refractivity contribution in [3.8, 4) is 0 Å². The molecule has 5 heterocycles. The number of allylic oxidation sites excluding steroid dienone is 1. The van der Waals surface area contributed by atoms with Crippen molar-refractivity contribution >= 4 is 49.8 Å². The summed E-state index contributed by atoms with van der Waals surface area (Å²) in [6.45, 7) is -1.73. The SMILES string of the molecule is NC(=S)C1=CN(C2OC(COP(=O)(O)OP(=O)(O)OCC3OC(n4cnc5c(N)ncnc54)C(O)C3O)C(O)C2O)C=CC1. The number of nitrogens with two attached hydrogens (primary N) is 2. The highest BCUT2D eigenvalue weighted by Crippen LogP contribution is 2.60. The first kappa shape index (κ1) is 32.9. The molecule has 2 fully saturated rings. The fourth-order valence-corrected chi connectivity index (χ4v) is 6.91. The molecule has 3 aliphatic heterocycles. The summed E-state index contributed by atoms with van der Waals surface area (Å²) in [6.07, 6.45) is -3.91. The van der Waals surface area contributed by atoms with Gasteiger partial charge in [0.25, 0.3) is 0 Å². The Morgan fingerprint density at radius 1 is 0.977 bits per heavy atom. The van der Waals surface area contributed by atoms with Crippen LogP contribution >= 0.6 is 27.9 Å². The number of aliphatic hydroxyl groups is 4. The summed E-state index contributed by atoms with van der Waals surface area (Å²) in [5.74, 6) is 0.0585. The van der Waals surface area contributed by atoms with Crippen molar-refractivity contribution in [2.45, 2.75) is 55.5 Å². The van der Waals surface area contributed by atoms with E-state index in [4.69, 9.17) is 42.2 Å². The van der Waals surface area contributed by atoms with E-state index in [1.807, 2.05) is 0 Å². The number of nitrogen functional groups attached to an aromatic ring is 1. The van der Waals surface area contributed by atoms with Crippen molar-refractivity contribution in [2.24, 2.45) is 5.73 Å². The van der Waals surface area contributed by atoms with E-state index >= 15 is 0 Å². The van der Waals surface area contributed by atoms with Crippen LogP contribution in [0.2, 0.25) is 0 Å². The monoisotopic (exact) mass is 681 g/mol. The van der Waals surface area contributed by atoms with Gasteiger partial charge in [0, 0.05) is 18.0 Å². The van der Waals surface area contributed by atoms with Crippen LogP contribution in [-0.4, -0.2) is 116 Å². The number of anilines is 1. The van der Waals surface area contributed by atoms with Crippen LogP contribution in [0.4, 0.5) is 5.82 Å². The van der Waals surface area contributed by atoms with Gasteiger partial charge in [0.05, 0.1) is 19.5 Å². The molecular formula is C21H29N7O13P2S. The quantitative estimate of drug-likeness (QED) is 0.0950. The van der Waals surface area contributed by atoms with E-state index in [-0.39, 0.29) is 22.0 Å². The highest BCUT2D eigenvalue weighted by Gasteiger charge is 2.48. The number of aliphatic hydroxyl groups excluding tert-OH is 4. The van der Waals surface area contributed by atoms with E-state index in [0.29, 0.717) is 12.0 Å². The standard InChI is InChI=1S/C21H29N7O13P2S/c22-17-12-19(25-7-24-17)28(8-26-12)21-16(32)14(30)11(40-21)6-38-43(35,36)41-42(33,34)37-5-10-13(29)15(31)20(39-10)27-3-1-2-9(4-27)18(23)44/h1,3-4,7-8,10-11,13-16,20-21,29-32H,2,5-6H2,(H2,23,44)(H,33,34)(H,35,36)(H2,22,24,25). The van der Waals surface area contributed by atoms with Gasteiger partial charge >= 0.3 is 15.6 Å². The lowest BCUT2D eigenvalue weighted by Gasteiger charge is -2.29. The predicted octanol–water partition coefficient (Wildman–Crippen LogP) is -1.89. The highest BCUT2D eigenvalue weighted by atomic mass is 32.1. The Labute approximate surface area is 253 Å². The molecule has 2 aromatic heterocycles. The smallest absolute Gasteiger partial charge is 0.390 e. The van der Waals surface area contributed by atoms with Gasteiger partial charge in [-0.2, -0.15) is 4.31 Å². The number of fused-ring (bicyclic) bond motifs is 1. The second-order valence-electron chi connectivity index (χ2n) is 9.84. The molecule has 20 nitrogen and oxygen atoms in total. The lowest BCUT2D eigenvalue weighted by molar-refractivity contribution is -0.0651. The molecule has 242 valence electrons. The Morgan fingerprint density at radius 3 is 2.18 bits per heavy atom. The minimum Gasteiger partial charge on any atom is -0.390 e. The summed E-state index contributed by atoms with van der Waals surface area (Å²) in [7, 11) is -10.7. The topological polar surface area (TPSA) is 301 Å². The van der Waals surface area contributed by atoms with Crippen LogP contribution in [0.15, 0.2) is 36.7 Å². The van der Waals surface area contributed by atoms with Gasteiger partial charge in [0.15, 0.2) is 23.9 Å². The van der Waals surface area contributed by atoms with Gasteiger partial charge in [-0.1, -0.05) is 18.3 Å². The number of phosphoric acid groups is 2. The van der Waals surface area contributed by atoms with Gasteiger partial charge in [0.1, 0.15) is 53.5 Å². The minimum atomic E-state index is -5.35. The molecule has 0 bridgehead atoms. The van der Waals surface area contributed by atoms with Crippen LogP contribution < -0.4 is 11.5 Å². The number of rotatable bonds is 11. The largest absolute Gasteiger partial charge is 0.481 e. The molecule has 0 radical (unpaired) electrons. The van der Waals surface area contributed by atoms with Gasteiger partial charge < -0.3 is 56.1 Å². The Bertz CT molecular complexity index is 1560. The summed E-state index contributed by atoms with van der Waals surface area (Å²) >= 11 is 4.95. The van der Waals surface area contributed by atoms with E-state index in [0.717, 1.165) is 6.33 Å². The zero-order valence-corrected chi connectivity index (χ0v) is 25.0. The predicted molar refractivity (Wildman–Crippen MR) is 149 cm³/mol. The first-order valence-corrected chi connectivity index (χ1v) is 16.1. The first-order valence-electron chi connectivity index (χ1n) is 12.7. The molecule has 44 heavy (non-hydrogen) atoms. The summed E-state index contributed by atoms with van der Waals surface area (Å²) in [4.78, 5) is 33.5. The zero-order valence-electron chi connectivity index (χ0n) is 22.4. The maximum atomic E-state index is 12.4. The van der Waals surface area contributed by atoms with Crippen LogP contribution in [0.5, 0.6) is 0 Å². The minimum absolute atomic E-state index is 0.0585. The van der Waals surface area contributed by atoms with Crippen LogP contribution in [0.25, 0.3) is 11.2 Å². The maximum Gasteiger partial charge on any atom is 0.481 e. The molecule has 0 aromatic carbocycles. The number of thiocarbonyl (C=S) groups is 1. The number of ether oxygens (including phenoxy) is 2. The van der Waals surface area contributed by atoms with Crippen molar-refractivity contribution in [3.05, 3.63) is 36.7 Å². The number of hydrogen-bond donors (Lipinski definition) is 8. The molecule has 10 N–H and O–H groups in total. The van der Waals surface area contributed by atoms with E-state index in [2.05, 4.69) is 19.3 Å². The van der Waals surface area contributed by atoms with Gasteiger partial charge in [-0.15, -0.1) is 0 Å². The third-order valence-electron chi connectivity index (χ3n) is 6.88. The Kier molecular flexibility index (Phi) is 9.53. The first-order chi connectivity index (χ1) is 20.7. The molecule has 0 amide bonds. The third kappa shape index (κ3) is 6.86. The molecule has 5 rings (SSSR count). The Hall–Kier alpha value is -2.46. The number of aromatic nitrogens is 4. The summed E-state index contributed by atoms with van der Waals surface area (Å²) in [6, 6.07) is 0. The number of nitrogens with zero attached hydrogens (tertiary/aromatic N) is 5. The molecule has 0 saturated carbocycles. The van der Waals surface area contributed by atoms with Gasteiger partial charge in [-0.05, 0) is 6.42 Å². The molecule has 10 atom stereocenters. The molecule has 23 heteroatoms. The maximum absolute atomic E-state index is 12.4. The molecular weight excluding hydrogens is 652 g/mol. The summed E-state index contributed by atoms with van der Waals surface area (Å²) in [5, 5.41) is 41.8. The second kappa shape index (κ2) is 12.7. The van der Waals surface area contributed by atoms with Gasteiger partial charge in [-0.3, -0.25) is 13.6 Å². The lowest BCUT2D eigenvalue weighted by atomic mass is 10.1. The average Bonchev–Trinajstić information content (AvgIpc) is 3.61. The van der Waals surface area contributed by atoms with Crippen LogP contribution in [0.1, 0.15) is 12.6 Å². The van der Waals surface area contributed by atoms with E-state index in [9.17, 15) is 39.3 Å². The highest BCUT2D eigenvalue weighted by molar-refractivity contribution is 7.80. The second-order valence-corrected chi connectivity index (χ2v) is 13.3. The van der Waals surface area contributed by atoms with Gasteiger partial charge in [0.2, 0.25) is 0 Å². The van der Waals surface area contributed by atoms with E-state index in [1.54, 1.807) is 12.3 Å². The molecule has 10 unspecified atom stereocenters. The number of hydrogen-bond acceptors (Lipinski definition) is 17. The number of imidazole rings is 1. The lowest BCUT2D eigenvalue weighted by Crippen LogP contribution is -2.40. The zero-order chi connectivity index (χ0) is 32.0. The number of phosphoric ester groups is 2. The van der Waals surface area contributed by atoms with Crippen LogP contribution in [0.3, 0.4) is 0 Å². The molecule has 2 aromatic rings. The fourth-order valence-electron chi connectivity index (χ4n) is 4.68. The normalized spacial score (nSPS) is 33.3. The molecule has 3 aliphatic rings. The van der Waals surface area contributed by atoms with Crippen LogP contribution in [0, 0.1) is 0 Å². The summed E-state index contributed by atoms with van der Waals surface area (Å²) < 4.78 is 51.0. The van der Waals surface area contributed by atoms with E-state index in [1.165, 1.54) is 22.0 Å². The molecule has 0 spiro atoms. The van der Waals surface area contributed by atoms with Crippen molar-refractivity contribution in [1.29, 1.82) is 0 Å². The molecule has 0 aliphatic carbocycles. The van der Waals surface area contributed by atoms with Crippen molar-refractivity contribution in [3.63, 3.8) is 0 Å². The van der Waals surface area contributed by atoms with Crippen LogP contribution in [-0.2, 0) is 32.0 Å². The fraction of sp³-hybridized carbons (Fsp3) is 0.524. The summed E-state index contributed by atoms with van der Waals surface area (Å²) in [5.41, 5.74) is 12.3. The third-order valence-corrected chi connectivity index (χ3v) is 9.74. The van der Waals surface area contributed by atoms with Crippen molar-refractivity contribution in [2.75, 3.05) is 18.9 Å². The molecule has 2 saturated heterocycles. The van der Waals surface area contributed by atoms with E-state index < -0.39 is 77.9 Å². The van der Waals surface area contributed by atoms with Crippen molar-refractivity contribution in [1.82, 2.24) is 24.4 Å². The average molecular weight is 682 g/mol. The van der Waals surface area contributed by atoms with Gasteiger partial charge in [-0.25, -0.2) is 24.1 Å². The Morgan fingerprint density at radius 2 is 1.57 bits per heavy atom. The Balaban J connectivity index is 1.15.